The smallest absolute Gasteiger partial charge is 0.325 e. The number of likely N-dealkylation sites (tertiary alicyclic amines) is 1. The normalized spacial score (nSPS) is 27.6. The molecular formula is C16H25N3O3. The molecular weight excluding hydrogens is 282 g/mol. The molecule has 2 aliphatic heterocycles. The van der Waals surface area contributed by atoms with Gasteiger partial charge in [0, 0.05) is 26.1 Å². The maximum absolute atomic E-state index is 12.5. The minimum absolute atomic E-state index is 0.0551. The van der Waals surface area contributed by atoms with Crippen LogP contribution in [0.1, 0.15) is 51.9 Å². The Balaban J connectivity index is 1.56. The lowest BCUT2D eigenvalue weighted by Gasteiger charge is -2.31. The minimum Gasteiger partial charge on any atom is -0.342 e. The van der Waals surface area contributed by atoms with Crippen molar-refractivity contribution in [1.82, 2.24) is 15.1 Å². The highest BCUT2D eigenvalue weighted by Crippen LogP contribution is 2.35. The zero-order valence-corrected chi connectivity index (χ0v) is 13.3. The lowest BCUT2D eigenvalue weighted by molar-refractivity contribution is -0.134. The molecule has 3 aliphatic rings. The summed E-state index contributed by atoms with van der Waals surface area (Å²) < 4.78 is 0. The van der Waals surface area contributed by atoms with Crippen molar-refractivity contribution in [2.24, 2.45) is 5.92 Å². The van der Waals surface area contributed by atoms with Crippen molar-refractivity contribution in [2.75, 3.05) is 19.6 Å². The maximum Gasteiger partial charge on any atom is 0.325 e. The van der Waals surface area contributed by atoms with Crippen molar-refractivity contribution in [3.63, 3.8) is 0 Å². The predicted molar refractivity (Wildman–Crippen MR) is 81.0 cm³/mol. The zero-order chi connectivity index (χ0) is 15.7. The molecule has 2 saturated heterocycles. The van der Waals surface area contributed by atoms with Gasteiger partial charge in [-0.3, -0.25) is 14.5 Å². The zero-order valence-electron chi connectivity index (χ0n) is 13.3. The lowest BCUT2D eigenvalue weighted by Crippen LogP contribution is -2.44. The molecule has 0 aromatic carbocycles. The Kier molecular flexibility index (Phi) is 4.10. The van der Waals surface area contributed by atoms with Gasteiger partial charge in [0.25, 0.3) is 5.91 Å². The van der Waals surface area contributed by atoms with Gasteiger partial charge < -0.3 is 10.2 Å². The van der Waals surface area contributed by atoms with Crippen LogP contribution < -0.4 is 5.32 Å². The molecule has 122 valence electrons. The summed E-state index contributed by atoms with van der Waals surface area (Å²) in [5.41, 5.74) is -0.667. The van der Waals surface area contributed by atoms with Gasteiger partial charge in [0.05, 0.1) is 0 Å². The maximum atomic E-state index is 12.5. The van der Waals surface area contributed by atoms with Crippen LogP contribution in [-0.4, -0.2) is 52.8 Å². The average Bonchev–Trinajstić information content (AvgIpc) is 3.04. The Bertz CT molecular complexity index is 485. The molecule has 2 heterocycles. The van der Waals surface area contributed by atoms with Gasteiger partial charge in [-0.25, -0.2) is 4.79 Å². The Morgan fingerprint density at radius 2 is 2.00 bits per heavy atom. The third kappa shape index (κ3) is 2.71. The van der Waals surface area contributed by atoms with E-state index in [1.54, 1.807) is 0 Å². The van der Waals surface area contributed by atoms with Crippen molar-refractivity contribution >= 4 is 17.8 Å². The summed E-state index contributed by atoms with van der Waals surface area (Å²) in [4.78, 5) is 40.0. The number of carbonyl (C=O) groups excluding carboxylic acids is 3. The van der Waals surface area contributed by atoms with Gasteiger partial charge >= 0.3 is 6.03 Å². The summed E-state index contributed by atoms with van der Waals surface area (Å²) in [6.07, 6.45) is 5.85. The van der Waals surface area contributed by atoms with Crippen LogP contribution in [0.15, 0.2) is 0 Å². The highest BCUT2D eigenvalue weighted by atomic mass is 16.2. The summed E-state index contributed by atoms with van der Waals surface area (Å²) in [6.45, 7) is 3.95. The van der Waals surface area contributed by atoms with Crippen LogP contribution in [0.2, 0.25) is 0 Å². The van der Waals surface area contributed by atoms with Gasteiger partial charge in [0.1, 0.15) is 5.54 Å². The fourth-order valence-corrected chi connectivity index (χ4v) is 3.98. The number of carbonyl (C=O) groups is 3. The van der Waals surface area contributed by atoms with E-state index in [9.17, 15) is 14.4 Å². The van der Waals surface area contributed by atoms with Gasteiger partial charge in [-0.1, -0.05) is 19.8 Å². The lowest BCUT2D eigenvalue weighted by atomic mass is 9.98. The summed E-state index contributed by atoms with van der Waals surface area (Å²) >= 11 is 0. The van der Waals surface area contributed by atoms with Crippen LogP contribution in [0.5, 0.6) is 0 Å². The van der Waals surface area contributed by atoms with E-state index in [2.05, 4.69) is 12.2 Å². The molecule has 0 aromatic heterocycles. The van der Waals surface area contributed by atoms with E-state index in [0.29, 0.717) is 5.92 Å². The van der Waals surface area contributed by atoms with Crippen molar-refractivity contribution in [3.8, 4) is 0 Å². The topological polar surface area (TPSA) is 69.7 Å². The molecule has 6 nitrogen and oxygen atoms in total. The Labute approximate surface area is 131 Å². The SMILES string of the molecule is CC1CCCN(C(=O)CCN2C(=O)NC3(CCCC3)C2=O)C1. The van der Waals surface area contributed by atoms with Crippen molar-refractivity contribution < 1.29 is 14.4 Å². The number of imide groups is 1. The standard InChI is InChI=1S/C16H25N3O3/c1-12-5-4-9-18(11-12)13(20)6-10-19-14(21)16(17-15(19)22)7-2-3-8-16/h12H,2-11H2,1H3,(H,17,22). The number of nitrogens with one attached hydrogen (secondary N) is 1. The fourth-order valence-electron chi connectivity index (χ4n) is 3.98. The molecule has 3 rings (SSSR count). The molecule has 1 N–H and O–H groups in total. The Hall–Kier alpha value is -1.59. The first-order valence-corrected chi connectivity index (χ1v) is 8.44. The summed E-state index contributed by atoms with van der Waals surface area (Å²) in [7, 11) is 0. The van der Waals surface area contributed by atoms with E-state index in [4.69, 9.17) is 0 Å². The van der Waals surface area contributed by atoms with Gasteiger partial charge in [-0.05, 0) is 31.6 Å². The number of nitrogens with zero attached hydrogens (tertiary/aromatic N) is 2. The second-order valence-corrected chi connectivity index (χ2v) is 7.01. The molecule has 1 unspecified atom stereocenters. The fraction of sp³-hybridized carbons (Fsp3) is 0.812. The first-order chi connectivity index (χ1) is 10.5. The quantitative estimate of drug-likeness (QED) is 0.803. The molecule has 0 radical (unpaired) electrons. The van der Waals surface area contributed by atoms with E-state index in [1.807, 2.05) is 4.90 Å². The van der Waals surface area contributed by atoms with E-state index in [1.165, 1.54) is 11.3 Å². The first-order valence-electron chi connectivity index (χ1n) is 8.44. The molecule has 0 aromatic rings. The van der Waals surface area contributed by atoms with E-state index in [-0.39, 0.29) is 30.8 Å². The third-order valence-corrected chi connectivity index (χ3v) is 5.26. The molecule has 1 saturated carbocycles. The largest absolute Gasteiger partial charge is 0.342 e. The third-order valence-electron chi connectivity index (χ3n) is 5.26. The van der Waals surface area contributed by atoms with Crippen molar-refractivity contribution in [2.45, 2.75) is 57.4 Å². The van der Waals surface area contributed by atoms with Gasteiger partial charge in [-0.2, -0.15) is 0 Å². The molecule has 4 amide bonds. The van der Waals surface area contributed by atoms with Crippen LogP contribution >= 0.6 is 0 Å². The van der Waals surface area contributed by atoms with Crippen LogP contribution in [0, 0.1) is 5.92 Å². The summed E-state index contributed by atoms with van der Waals surface area (Å²) in [5.74, 6) is 0.463. The van der Waals surface area contributed by atoms with E-state index >= 15 is 0 Å². The van der Waals surface area contributed by atoms with Crippen LogP contribution in [-0.2, 0) is 9.59 Å². The average molecular weight is 307 g/mol. The van der Waals surface area contributed by atoms with Crippen LogP contribution in [0.3, 0.4) is 0 Å². The molecule has 22 heavy (non-hydrogen) atoms. The van der Waals surface area contributed by atoms with E-state index < -0.39 is 5.54 Å². The summed E-state index contributed by atoms with van der Waals surface area (Å²) in [5, 5.41) is 2.85. The molecule has 1 aliphatic carbocycles. The highest BCUT2D eigenvalue weighted by molar-refractivity contribution is 6.07. The number of amides is 4. The highest BCUT2D eigenvalue weighted by Gasteiger charge is 2.52. The molecule has 3 fully saturated rings. The number of urea groups is 1. The number of rotatable bonds is 3. The second kappa shape index (κ2) is 5.89. The predicted octanol–water partition coefficient (Wildman–Crippen LogP) is 1.50. The Morgan fingerprint density at radius 1 is 1.27 bits per heavy atom. The number of hydrogen-bond donors (Lipinski definition) is 1. The number of piperidine rings is 1. The van der Waals surface area contributed by atoms with Gasteiger partial charge in [-0.15, -0.1) is 0 Å². The molecule has 0 bridgehead atoms. The van der Waals surface area contributed by atoms with Crippen molar-refractivity contribution in [1.29, 1.82) is 0 Å². The van der Waals surface area contributed by atoms with Crippen LogP contribution in [0.25, 0.3) is 0 Å². The first kappa shape index (κ1) is 15.3. The summed E-state index contributed by atoms with van der Waals surface area (Å²) in [6, 6.07) is -0.327. The molecule has 1 atom stereocenters. The minimum atomic E-state index is -0.667. The molecule has 6 heteroatoms. The van der Waals surface area contributed by atoms with Crippen molar-refractivity contribution in [3.05, 3.63) is 0 Å². The second-order valence-electron chi connectivity index (χ2n) is 7.01. The monoisotopic (exact) mass is 307 g/mol. The Morgan fingerprint density at radius 3 is 2.68 bits per heavy atom. The van der Waals surface area contributed by atoms with E-state index in [0.717, 1.165) is 45.2 Å². The number of hydrogen-bond acceptors (Lipinski definition) is 3. The molecule has 1 spiro atoms. The van der Waals surface area contributed by atoms with Gasteiger partial charge in [0.15, 0.2) is 0 Å². The van der Waals surface area contributed by atoms with Crippen LogP contribution in [0.4, 0.5) is 4.79 Å². The van der Waals surface area contributed by atoms with Gasteiger partial charge in [0.2, 0.25) is 5.91 Å².